The van der Waals surface area contributed by atoms with E-state index in [9.17, 15) is 41.0 Å². The van der Waals surface area contributed by atoms with Crippen molar-refractivity contribution >= 4 is 11.8 Å². The van der Waals surface area contributed by atoms with Crippen molar-refractivity contribution in [2.45, 2.75) is 37.7 Å². The van der Waals surface area contributed by atoms with Gasteiger partial charge in [-0.2, -0.15) is 26.3 Å². The summed E-state index contributed by atoms with van der Waals surface area (Å²) in [5.74, 6) is -2.87. The number of hydrogen-bond acceptors (Lipinski definition) is 4. The first kappa shape index (κ1) is 19.5. The second kappa shape index (κ2) is 5.51. The number of carbonyl (C=O) groups is 2. The fraction of sp³-hybridized carbons (Fsp3) is 0.818. The first-order chi connectivity index (χ1) is 10.1. The molecule has 1 N–H and O–H groups in total. The van der Waals surface area contributed by atoms with Crippen LogP contribution in [0.25, 0.3) is 0 Å². The van der Waals surface area contributed by atoms with Gasteiger partial charge in [0, 0.05) is 21.0 Å². The summed E-state index contributed by atoms with van der Waals surface area (Å²) in [5, 5.41) is 9.81. The molecule has 134 valence electrons. The molecule has 0 aromatic heterocycles. The zero-order valence-electron chi connectivity index (χ0n) is 12.2. The van der Waals surface area contributed by atoms with Gasteiger partial charge in [0.1, 0.15) is 0 Å². The van der Waals surface area contributed by atoms with Gasteiger partial charge in [-0.1, -0.05) is 0 Å². The van der Waals surface area contributed by atoms with Gasteiger partial charge in [-0.05, 0) is 0 Å². The van der Waals surface area contributed by atoms with Crippen molar-refractivity contribution in [1.29, 1.82) is 0 Å². The van der Waals surface area contributed by atoms with Crippen LogP contribution in [-0.4, -0.2) is 70.7 Å². The number of rotatable bonds is 1. The Kier molecular flexibility index (Phi) is 4.67. The summed E-state index contributed by atoms with van der Waals surface area (Å²) >= 11 is 0. The van der Waals surface area contributed by atoms with Crippen LogP contribution in [0.1, 0.15) is 13.8 Å². The van der Waals surface area contributed by atoms with E-state index in [1.165, 1.54) is 0 Å². The van der Waals surface area contributed by atoms with E-state index >= 15 is 0 Å². The second-order valence-electron chi connectivity index (χ2n) is 5.01. The third-order valence-corrected chi connectivity index (χ3v) is 3.63. The Hall–Kier alpha value is -1.56. The van der Waals surface area contributed by atoms with Crippen molar-refractivity contribution < 1.29 is 45.8 Å². The fourth-order valence-corrected chi connectivity index (χ4v) is 2.38. The number of halogens is 6. The van der Waals surface area contributed by atoms with Gasteiger partial charge in [-0.25, -0.2) is 0 Å². The SMILES string of the molecule is CO[C@@]1(C(F)(F)F)CN(C(C)=O)[C@](O)(C(F)(F)F)CN1C(C)=O. The van der Waals surface area contributed by atoms with Gasteiger partial charge in [0.05, 0.1) is 13.1 Å². The van der Waals surface area contributed by atoms with Crippen LogP contribution in [0.3, 0.4) is 0 Å². The monoisotopic (exact) mass is 352 g/mol. The maximum atomic E-state index is 13.4. The van der Waals surface area contributed by atoms with Crippen LogP contribution in [0, 0.1) is 0 Å². The topological polar surface area (TPSA) is 70.1 Å². The lowest BCUT2D eigenvalue weighted by Crippen LogP contribution is -2.80. The molecule has 2 amide bonds. The van der Waals surface area contributed by atoms with E-state index in [0.29, 0.717) is 21.0 Å². The molecule has 23 heavy (non-hydrogen) atoms. The number of β-amino-alcohol motifs (C(OH)–C–C–N with tert-alkyl or cyclic N) is 1. The van der Waals surface area contributed by atoms with E-state index in [-0.39, 0.29) is 4.90 Å². The molecule has 0 spiro atoms. The van der Waals surface area contributed by atoms with Crippen molar-refractivity contribution in [3.05, 3.63) is 0 Å². The maximum Gasteiger partial charge on any atom is 0.438 e. The number of aliphatic hydroxyl groups is 1. The molecule has 0 bridgehead atoms. The molecule has 0 unspecified atom stereocenters. The van der Waals surface area contributed by atoms with E-state index in [2.05, 4.69) is 4.74 Å². The number of amides is 2. The molecule has 0 aromatic rings. The van der Waals surface area contributed by atoms with E-state index in [1.807, 2.05) is 0 Å². The molecule has 1 aliphatic heterocycles. The second-order valence-corrected chi connectivity index (χ2v) is 5.01. The van der Waals surface area contributed by atoms with Crippen molar-refractivity contribution in [2.24, 2.45) is 0 Å². The lowest BCUT2D eigenvalue weighted by molar-refractivity contribution is -0.387. The quantitative estimate of drug-likeness (QED) is 0.711. The number of piperazine rings is 1. The van der Waals surface area contributed by atoms with E-state index in [1.54, 1.807) is 0 Å². The van der Waals surface area contributed by atoms with Gasteiger partial charge in [-0.15, -0.1) is 0 Å². The van der Waals surface area contributed by atoms with Crippen molar-refractivity contribution in [1.82, 2.24) is 9.80 Å². The van der Waals surface area contributed by atoms with Gasteiger partial charge in [0.25, 0.3) is 11.4 Å². The van der Waals surface area contributed by atoms with Crippen LogP contribution in [0.2, 0.25) is 0 Å². The third-order valence-electron chi connectivity index (χ3n) is 3.63. The van der Waals surface area contributed by atoms with Crippen LogP contribution >= 0.6 is 0 Å². The minimum absolute atomic E-state index is 0.278. The molecule has 1 saturated heterocycles. The Morgan fingerprint density at radius 1 is 0.957 bits per heavy atom. The number of ether oxygens (including phenoxy) is 1. The smallest absolute Gasteiger partial charge is 0.362 e. The molecule has 1 aliphatic rings. The highest BCUT2D eigenvalue weighted by Crippen LogP contribution is 2.46. The van der Waals surface area contributed by atoms with Crippen LogP contribution in [0.4, 0.5) is 26.3 Å². The standard InChI is InChI=1S/C11H14F6N2O4/c1-6(20)18-5-9(23-3,11(15,16)17)19(7(2)21)4-8(18,22)10(12,13)14/h22H,4-5H2,1-3H3/t8-,9-/m1/s1. The average Bonchev–Trinajstić information content (AvgIpc) is 2.35. The maximum absolute atomic E-state index is 13.4. The molecule has 1 fully saturated rings. The molecule has 0 saturated carbocycles. The molecular formula is C11H14F6N2O4. The van der Waals surface area contributed by atoms with Crippen molar-refractivity contribution in [3.63, 3.8) is 0 Å². The summed E-state index contributed by atoms with van der Waals surface area (Å²) in [6.45, 7) is -2.40. The summed E-state index contributed by atoms with van der Waals surface area (Å²) in [4.78, 5) is 22.2. The van der Waals surface area contributed by atoms with Crippen LogP contribution < -0.4 is 0 Å². The lowest BCUT2D eigenvalue weighted by Gasteiger charge is -2.55. The summed E-state index contributed by atoms with van der Waals surface area (Å²) in [6, 6.07) is 0. The lowest BCUT2D eigenvalue weighted by atomic mass is 9.98. The Balaban J connectivity index is 3.58. The highest BCUT2D eigenvalue weighted by Gasteiger charge is 2.72. The molecule has 0 aromatic carbocycles. The zero-order chi connectivity index (χ0) is 18.4. The average molecular weight is 352 g/mol. The first-order valence-corrected chi connectivity index (χ1v) is 6.11. The molecule has 0 radical (unpaired) electrons. The first-order valence-electron chi connectivity index (χ1n) is 6.11. The van der Waals surface area contributed by atoms with Gasteiger partial charge < -0.3 is 19.6 Å². The molecule has 0 aliphatic carbocycles. The van der Waals surface area contributed by atoms with Gasteiger partial charge in [-0.3, -0.25) is 9.59 Å². The molecular weight excluding hydrogens is 338 g/mol. The van der Waals surface area contributed by atoms with E-state index in [0.717, 1.165) is 0 Å². The molecule has 1 rings (SSSR count). The molecule has 6 nitrogen and oxygen atoms in total. The van der Waals surface area contributed by atoms with E-state index < -0.39 is 53.6 Å². The highest BCUT2D eigenvalue weighted by atomic mass is 19.4. The van der Waals surface area contributed by atoms with Gasteiger partial charge in [0.15, 0.2) is 0 Å². The number of carbonyl (C=O) groups excluding carboxylic acids is 2. The molecule has 12 heteroatoms. The highest BCUT2D eigenvalue weighted by molar-refractivity contribution is 5.77. The van der Waals surface area contributed by atoms with Crippen LogP contribution in [-0.2, 0) is 14.3 Å². The number of methoxy groups -OCH3 is 1. The molecule has 1 heterocycles. The molecule has 2 atom stereocenters. The Morgan fingerprint density at radius 2 is 1.39 bits per heavy atom. The minimum Gasteiger partial charge on any atom is -0.362 e. The summed E-state index contributed by atoms with van der Waals surface area (Å²) in [5.41, 5.74) is -7.46. The van der Waals surface area contributed by atoms with E-state index in [4.69, 9.17) is 0 Å². The summed E-state index contributed by atoms with van der Waals surface area (Å²) in [6.07, 6.45) is -10.8. The predicted octanol–water partition coefficient (Wildman–Crippen LogP) is 0.853. The van der Waals surface area contributed by atoms with Crippen LogP contribution in [0.15, 0.2) is 0 Å². The Morgan fingerprint density at radius 3 is 1.65 bits per heavy atom. The largest absolute Gasteiger partial charge is 0.438 e. The summed E-state index contributed by atoms with van der Waals surface area (Å²) in [7, 11) is 0.541. The van der Waals surface area contributed by atoms with Gasteiger partial charge >= 0.3 is 12.4 Å². The van der Waals surface area contributed by atoms with Gasteiger partial charge in [0.2, 0.25) is 11.8 Å². The summed E-state index contributed by atoms with van der Waals surface area (Å²) < 4.78 is 83.8. The number of alkyl halides is 6. The predicted molar refractivity (Wildman–Crippen MR) is 61.6 cm³/mol. The minimum atomic E-state index is -5.49. The Labute approximate surface area is 126 Å². The van der Waals surface area contributed by atoms with Crippen molar-refractivity contribution in [3.8, 4) is 0 Å². The fourth-order valence-electron chi connectivity index (χ4n) is 2.38. The third kappa shape index (κ3) is 2.84. The normalized spacial score (nSPS) is 29.7. The number of hydrogen-bond donors (Lipinski definition) is 1. The Bertz CT molecular complexity index is 508. The zero-order valence-corrected chi connectivity index (χ0v) is 12.2. The van der Waals surface area contributed by atoms with Crippen LogP contribution in [0.5, 0.6) is 0 Å². The number of nitrogens with zero attached hydrogens (tertiary/aromatic N) is 2. The van der Waals surface area contributed by atoms with Crippen molar-refractivity contribution in [2.75, 3.05) is 20.2 Å².